The van der Waals surface area contributed by atoms with E-state index in [0.717, 1.165) is 25.1 Å². The second kappa shape index (κ2) is 7.97. The highest BCUT2D eigenvalue weighted by Gasteiger charge is 2.28. The second-order valence-electron chi connectivity index (χ2n) is 5.48. The van der Waals surface area contributed by atoms with E-state index in [4.69, 9.17) is 0 Å². The van der Waals surface area contributed by atoms with Crippen LogP contribution in [0.4, 0.5) is 22.0 Å². The summed E-state index contributed by atoms with van der Waals surface area (Å²) in [5.74, 6) is -14.2. The average Bonchev–Trinajstić information content (AvgIpc) is 2.62. The minimum Gasteiger partial charge on any atom is -0.504 e. The van der Waals surface area contributed by atoms with E-state index in [1.54, 1.807) is 0 Å². The Morgan fingerprint density at radius 2 is 1.57 bits per heavy atom. The van der Waals surface area contributed by atoms with Gasteiger partial charge in [0.25, 0.3) is 0 Å². The van der Waals surface area contributed by atoms with Gasteiger partial charge in [-0.25, -0.2) is 30.4 Å². The lowest BCUT2D eigenvalue weighted by Crippen LogP contribution is -2.11. The molecule has 0 heterocycles. The summed E-state index contributed by atoms with van der Waals surface area (Å²) in [6.07, 6.45) is 0.915. The van der Waals surface area contributed by atoms with Crippen LogP contribution in [-0.4, -0.2) is 19.5 Å². The van der Waals surface area contributed by atoms with Crippen LogP contribution in [0.25, 0.3) is 6.08 Å². The van der Waals surface area contributed by atoms with Crippen LogP contribution in [0, 0.1) is 29.1 Å². The van der Waals surface area contributed by atoms with Gasteiger partial charge < -0.3 is 9.84 Å². The van der Waals surface area contributed by atoms with Crippen molar-refractivity contribution in [2.75, 3.05) is 0 Å². The standard InChI is InChI=1S/C17H11F5O5S/c1-8(23)27-12-3-2-9(6-11(12)24)4-5-28(25,26)7-10-13(18)15(20)17(22)16(21)14(10)19/h2-6,24H,7H2,1H3. The minimum atomic E-state index is -4.45. The number of esters is 1. The van der Waals surface area contributed by atoms with Gasteiger partial charge in [0, 0.05) is 17.9 Å². The maximum atomic E-state index is 13.6. The summed E-state index contributed by atoms with van der Waals surface area (Å²) in [7, 11) is -4.45. The van der Waals surface area contributed by atoms with Crippen LogP contribution >= 0.6 is 0 Å². The topological polar surface area (TPSA) is 80.7 Å². The predicted octanol–water partition coefficient (Wildman–Crippen LogP) is 3.60. The van der Waals surface area contributed by atoms with Crippen molar-refractivity contribution >= 4 is 21.9 Å². The third-order valence-electron chi connectivity index (χ3n) is 3.35. The van der Waals surface area contributed by atoms with Gasteiger partial charge in [0.05, 0.1) is 5.75 Å². The first-order valence-electron chi connectivity index (χ1n) is 7.35. The Kier molecular flexibility index (Phi) is 6.07. The number of halogens is 5. The fraction of sp³-hybridized carbons (Fsp3) is 0.118. The molecule has 0 bridgehead atoms. The summed E-state index contributed by atoms with van der Waals surface area (Å²) in [4.78, 5) is 10.8. The van der Waals surface area contributed by atoms with E-state index >= 15 is 0 Å². The molecule has 0 aliphatic rings. The number of rotatable bonds is 5. The molecule has 28 heavy (non-hydrogen) atoms. The fourth-order valence-electron chi connectivity index (χ4n) is 2.09. The Morgan fingerprint density at radius 1 is 1.04 bits per heavy atom. The first-order chi connectivity index (χ1) is 12.9. The van der Waals surface area contributed by atoms with Gasteiger partial charge >= 0.3 is 5.97 Å². The molecular formula is C17H11F5O5S. The summed E-state index contributed by atoms with van der Waals surface area (Å²) < 4.78 is 95.2. The highest BCUT2D eigenvalue weighted by molar-refractivity contribution is 7.93. The number of aromatic hydroxyl groups is 1. The molecule has 0 fully saturated rings. The van der Waals surface area contributed by atoms with Crippen LogP contribution in [0.2, 0.25) is 0 Å². The zero-order chi connectivity index (χ0) is 21.2. The van der Waals surface area contributed by atoms with Crippen molar-refractivity contribution in [3.63, 3.8) is 0 Å². The molecule has 0 atom stereocenters. The maximum absolute atomic E-state index is 13.6. The molecule has 0 aliphatic heterocycles. The number of benzene rings is 2. The van der Waals surface area contributed by atoms with Crippen LogP contribution in [0.5, 0.6) is 11.5 Å². The zero-order valence-electron chi connectivity index (χ0n) is 14.0. The number of sulfone groups is 1. The lowest BCUT2D eigenvalue weighted by atomic mass is 10.2. The van der Waals surface area contributed by atoms with Gasteiger partial charge in [-0.3, -0.25) is 4.79 Å². The molecule has 0 aromatic heterocycles. The first-order valence-corrected chi connectivity index (χ1v) is 9.07. The van der Waals surface area contributed by atoms with E-state index in [-0.39, 0.29) is 11.3 Å². The van der Waals surface area contributed by atoms with E-state index in [0.29, 0.717) is 5.41 Å². The van der Waals surface area contributed by atoms with E-state index < -0.39 is 62.0 Å². The molecule has 0 saturated heterocycles. The third kappa shape index (κ3) is 4.66. The number of phenolic OH excluding ortho intramolecular Hbond substituents is 1. The van der Waals surface area contributed by atoms with Gasteiger partial charge in [0.15, 0.2) is 44.6 Å². The Bertz CT molecular complexity index is 1050. The van der Waals surface area contributed by atoms with Crippen molar-refractivity contribution in [1.29, 1.82) is 0 Å². The molecular weight excluding hydrogens is 411 g/mol. The highest BCUT2D eigenvalue weighted by Crippen LogP contribution is 2.28. The Morgan fingerprint density at radius 3 is 2.07 bits per heavy atom. The molecule has 2 aromatic carbocycles. The highest BCUT2D eigenvalue weighted by atomic mass is 32.2. The predicted molar refractivity (Wildman–Crippen MR) is 87.3 cm³/mol. The monoisotopic (exact) mass is 422 g/mol. The molecule has 1 N–H and O–H groups in total. The van der Waals surface area contributed by atoms with Crippen molar-refractivity contribution in [1.82, 2.24) is 0 Å². The third-order valence-corrected chi connectivity index (χ3v) is 4.59. The quantitative estimate of drug-likeness (QED) is 0.262. The van der Waals surface area contributed by atoms with Gasteiger partial charge in [0.2, 0.25) is 5.82 Å². The minimum absolute atomic E-state index is 0.0920. The number of phenols is 1. The number of ether oxygens (including phenoxy) is 1. The fourth-order valence-corrected chi connectivity index (χ4v) is 3.20. The number of carbonyl (C=O) groups excluding carboxylic acids is 1. The van der Waals surface area contributed by atoms with Crippen LogP contribution in [0.15, 0.2) is 23.6 Å². The molecule has 0 unspecified atom stereocenters. The summed E-state index contributed by atoms with van der Waals surface area (Å²) >= 11 is 0. The molecule has 0 spiro atoms. The zero-order valence-corrected chi connectivity index (χ0v) is 14.8. The number of hydrogen-bond acceptors (Lipinski definition) is 5. The summed E-state index contributed by atoms with van der Waals surface area (Å²) in [5.41, 5.74) is -1.40. The summed E-state index contributed by atoms with van der Waals surface area (Å²) in [6, 6.07) is 3.44. The van der Waals surface area contributed by atoms with E-state index in [9.17, 15) is 40.3 Å². The molecule has 0 amide bonds. The van der Waals surface area contributed by atoms with Crippen molar-refractivity contribution in [2.24, 2.45) is 0 Å². The van der Waals surface area contributed by atoms with Gasteiger partial charge in [-0.2, -0.15) is 0 Å². The number of hydrogen-bond donors (Lipinski definition) is 1. The molecule has 2 aromatic rings. The summed E-state index contributed by atoms with van der Waals surface area (Å²) in [6.45, 7) is 1.10. The smallest absolute Gasteiger partial charge is 0.308 e. The van der Waals surface area contributed by atoms with Gasteiger partial charge in [-0.05, 0) is 23.8 Å². The molecule has 2 rings (SSSR count). The van der Waals surface area contributed by atoms with Gasteiger partial charge in [-0.15, -0.1) is 0 Å². The molecule has 150 valence electrons. The normalized spacial score (nSPS) is 11.8. The van der Waals surface area contributed by atoms with Crippen LogP contribution < -0.4 is 4.74 Å². The Balaban J connectivity index is 2.30. The molecule has 0 radical (unpaired) electrons. The Labute approximate surface area is 155 Å². The van der Waals surface area contributed by atoms with Gasteiger partial charge in [0.1, 0.15) is 0 Å². The molecule has 0 aliphatic carbocycles. The molecule has 0 saturated carbocycles. The number of carbonyl (C=O) groups is 1. The first kappa shape index (κ1) is 21.4. The van der Waals surface area contributed by atoms with E-state index in [2.05, 4.69) is 4.74 Å². The lowest BCUT2D eigenvalue weighted by molar-refractivity contribution is -0.132. The molecule has 11 heteroatoms. The SMILES string of the molecule is CC(=O)Oc1ccc(C=CS(=O)(=O)Cc2c(F)c(F)c(F)c(F)c2F)cc1O. The van der Waals surface area contributed by atoms with Gasteiger partial charge in [-0.1, -0.05) is 6.07 Å². The molecule has 5 nitrogen and oxygen atoms in total. The second-order valence-corrected chi connectivity index (χ2v) is 7.37. The van der Waals surface area contributed by atoms with Crippen LogP contribution in [0.3, 0.4) is 0 Å². The maximum Gasteiger partial charge on any atom is 0.308 e. The lowest BCUT2D eigenvalue weighted by Gasteiger charge is -2.07. The Hall–Kier alpha value is -2.95. The van der Waals surface area contributed by atoms with Crippen LogP contribution in [-0.2, 0) is 20.4 Å². The van der Waals surface area contributed by atoms with Crippen LogP contribution in [0.1, 0.15) is 18.1 Å². The largest absolute Gasteiger partial charge is 0.504 e. The van der Waals surface area contributed by atoms with Crippen molar-refractivity contribution < 1.29 is 45.0 Å². The van der Waals surface area contributed by atoms with Crippen molar-refractivity contribution in [2.45, 2.75) is 12.7 Å². The van der Waals surface area contributed by atoms with E-state index in [1.807, 2.05) is 0 Å². The average molecular weight is 422 g/mol. The summed E-state index contributed by atoms with van der Waals surface area (Å²) in [5, 5.41) is 10.2. The van der Waals surface area contributed by atoms with Crippen molar-refractivity contribution in [3.05, 3.63) is 63.8 Å². The van der Waals surface area contributed by atoms with Crippen molar-refractivity contribution in [3.8, 4) is 11.5 Å². The van der Waals surface area contributed by atoms with E-state index in [1.165, 1.54) is 6.07 Å².